The summed E-state index contributed by atoms with van der Waals surface area (Å²) in [6.45, 7) is 4.84. The molecule has 0 unspecified atom stereocenters. The average molecular weight is 533 g/mol. The summed E-state index contributed by atoms with van der Waals surface area (Å²) < 4.78 is 22.3. The van der Waals surface area contributed by atoms with Crippen LogP contribution < -0.4 is 4.74 Å². The number of aryl methyl sites for hydroxylation is 1. The van der Waals surface area contributed by atoms with Gasteiger partial charge >= 0.3 is 0 Å². The Balaban J connectivity index is 1.16. The first-order valence-corrected chi connectivity index (χ1v) is 12.9. The van der Waals surface area contributed by atoms with Gasteiger partial charge in [-0.25, -0.2) is 9.37 Å². The molecule has 0 atom stereocenters. The summed E-state index contributed by atoms with van der Waals surface area (Å²) in [6, 6.07) is 11.4. The Kier molecular flexibility index (Phi) is 6.46. The molecule has 0 spiro atoms. The lowest BCUT2D eigenvalue weighted by atomic mass is 9.91. The largest absolute Gasteiger partial charge is 0.489 e. The topological polar surface area (TPSA) is 30.3 Å². The SMILES string of the molecule is Fc1ccc(CCCC2CCN(Cc3nc4cc(CI)cc5c4n3CCO5)CC2)cc1. The monoisotopic (exact) mass is 533 g/mol. The zero-order valence-corrected chi connectivity index (χ0v) is 20.0. The van der Waals surface area contributed by atoms with E-state index in [1.807, 2.05) is 12.1 Å². The molecule has 164 valence electrons. The van der Waals surface area contributed by atoms with Crippen LogP contribution in [0.1, 0.15) is 42.6 Å². The van der Waals surface area contributed by atoms with Gasteiger partial charge in [0.25, 0.3) is 0 Å². The number of aromatic nitrogens is 2. The zero-order valence-electron chi connectivity index (χ0n) is 17.8. The summed E-state index contributed by atoms with van der Waals surface area (Å²) in [4.78, 5) is 7.57. The molecular formula is C25H29FIN3O. The molecule has 6 heteroatoms. The molecule has 1 saturated heterocycles. The number of ether oxygens (including phenoxy) is 1. The lowest BCUT2D eigenvalue weighted by Gasteiger charge is -2.32. The number of hydrogen-bond donors (Lipinski definition) is 0. The molecule has 0 radical (unpaired) electrons. The number of hydrogen-bond acceptors (Lipinski definition) is 3. The number of rotatable bonds is 7. The van der Waals surface area contributed by atoms with Crippen LogP contribution in [-0.4, -0.2) is 34.1 Å². The minimum absolute atomic E-state index is 0.148. The molecule has 3 heterocycles. The van der Waals surface area contributed by atoms with E-state index in [-0.39, 0.29) is 5.82 Å². The van der Waals surface area contributed by atoms with Gasteiger partial charge in [0.05, 0.1) is 18.6 Å². The Morgan fingerprint density at radius 2 is 1.87 bits per heavy atom. The molecule has 0 N–H and O–H groups in total. The maximum absolute atomic E-state index is 13.0. The summed E-state index contributed by atoms with van der Waals surface area (Å²) in [5.74, 6) is 2.83. The maximum atomic E-state index is 13.0. The average Bonchev–Trinajstić information content (AvgIpc) is 3.15. The van der Waals surface area contributed by atoms with Crippen molar-refractivity contribution in [3.8, 4) is 5.75 Å². The fourth-order valence-electron chi connectivity index (χ4n) is 5.01. The van der Waals surface area contributed by atoms with Crippen LogP contribution in [-0.2, 0) is 23.9 Å². The van der Waals surface area contributed by atoms with Gasteiger partial charge in [0.1, 0.15) is 29.5 Å². The lowest BCUT2D eigenvalue weighted by Crippen LogP contribution is -2.34. The lowest BCUT2D eigenvalue weighted by molar-refractivity contribution is 0.165. The molecule has 3 aromatic rings. The molecule has 31 heavy (non-hydrogen) atoms. The van der Waals surface area contributed by atoms with E-state index in [9.17, 15) is 4.39 Å². The Hall–Kier alpha value is -1.67. The highest BCUT2D eigenvalue weighted by Crippen LogP contribution is 2.33. The highest BCUT2D eigenvalue weighted by Gasteiger charge is 2.24. The van der Waals surface area contributed by atoms with E-state index < -0.39 is 0 Å². The molecule has 0 bridgehead atoms. The van der Waals surface area contributed by atoms with Crippen molar-refractivity contribution in [3.05, 3.63) is 59.2 Å². The minimum Gasteiger partial charge on any atom is -0.489 e. The number of nitrogens with zero attached hydrogens (tertiary/aromatic N) is 3. The summed E-state index contributed by atoms with van der Waals surface area (Å²) in [5, 5.41) is 0. The number of alkyl halides is 1. The van der Waals surface area contributed by atoms with Crippen LogP contribution in [0.15, 0.2) is 36.4 Å². The van der Waals surface area contributed by atoms with Gasteiger partial charge in [0.15, 0.2) is 0 Å². The van der Waals surface area contributed by atoms with Crippen LogP contribution >= 0.6 is 22.6 Å². The quantitative estimate of drug-likeness (QED) is 0.287. The smallest absolute Gasteiger partial charge is 0.145 e. The molecule has 2 aromatic carbocycles. The van der Waals surface area contributed by atoms with Crippen molar-refractivity contribution in [2.24, 2.45) is 5.92 Å². The van der Waals surface area contributed by atoms with Crippen molar-refractivity contribution in [1.82, 2.24) is 14.5 Å². The standard InChI is InChI=1S/C25H29FIN3O/c26-21-6-4-18(5-7-21)2-1-3-19-8-10-29(11-9-19)17-24-28-22-14-20(16-27)15-23-25(22)30(24)12-13-31-23/h4-7,14-15,19H,1-3,8-13,16-17H2. The van der Waals surface area contributed by atoms with Crippen molar-refractivity contribution in [1.29, 1.82) is 0 Å². The Bertz CT molecular complexity index is 1040. The molecule has 1 aromatic heterocycles. The van der Waals surface area contributed by atoms with Crippen molar-refractivity contribution in [2.45, 2.75) is 49.6 Å². The predicted molar refractivity (Wildman–Crippen MR) is 130 cm³/mol. The van der Waals surface area contributed by atoms with Crippen LogP contribution in [0, 0.1) is 11.7 Å². The third-order valence-electron chi connectivity index (χ3n) is 6.74. The van der Waals surface area contributed by atoms with Crippen LogP contribution in [0.4, 0.5) is 4.39 Å². The van der Waals surface area contributed by atoms with E-state index in [2.05, 4.69) is 44.2 Å². The van der Waals surface area contributed by atoms with Gasteiger partial charge in [0.2, 0.25) is 0 Å². The number of halogens is 2. The third-order valence-corrected chi connectivity index (χ3v) is 7.62. The molecule has 2 aliphatic heterocycles. The highest BCUT2D eigenvalue weighted by atomic mass is 127. The van der Waals surface area contributed by atoms with Gasteiger partial charge in [-0.05, 0) is 80.1 Å². The Morgan fingerprint density at radius 1 is 1.06 bits per heavy atom. The van der Waals surface area contributed by atoms with Gasteiger partial charge in [-0.3, -0.25) is 4.90 Å². The summed E-state index contributed by atoms with van der Waals surface area (Å²) >= 11 is 2.40. The van der Waals surface area contributed by atoms with E-state index in [0.717, 1.165) is 60.8 Å². The molecule has 5 rings (SSSR count). The van der Waals surface area contributed by atoms with Crippen molar-refractivity contribution < 1.29 is 9.13 Å². The molecule has 0 aliphatic carbocycles. The number of likely N-dealkylation sites (tertiary alicyclic amines) is 1. The van der Waals surface area contributed by atoms with Gasteiger partial charge < -0.3 is 9.30 Å². The predicted octanol–water partition coefficient (Wildman–Crippen LogP) is 5.74. The number of benzene rings is 2. The van der Waals surface area contributed by atoms with Gasteiger partial charge in [-0.1, -0.05) is 41.1 Å². The molecule has 1 fully saturated rings. The summed E-state index contributed by atoms with van der Waals surface area (Å²) in [6.07, 6.45) is 6.03. The van der Waals surface area contributed by atoms with Crippen LogP contribution in [0.3, 0.4) is 0 Å². The normalized spacial score (nSPS) is 17.2. The van der Waals surface area contributed by atoms with Crippen molar-refractivity contribution in [3.63, 3.8) is 0 Å². The Labute approximate surface area is 196 Å². The third kappa shape index (κ3) is 4.75. The first-order chi connectivity index (χ1) is 15.2. The fraction of sp³-hybridized carbons (Fsp3) is 0.480. The molecule has 2 aliphatic rings. The van der Waals surface area contributed by atoms with Crippen molar-refractivity contribution in [2.75, 3.05) is 19.7 Å². The van der Waals surface area contributed by atoms with Crippen LogP contribution in [0.25, 0.3) is 11.0 Å². The number of imidazole rings is 1. The minimum atomic E-state index is -0.148. The second kappa shape index (κ2) is 9.45. The van der Waals surface area contributed by atoms with Gasteiger partial charge in [0, 0.05) is 4.43 Å². The van der Waals surface area contributed by atoms with Crippen LogP contribution in [0.5, 0.6) is 5.75 Å². The second-order valence-electron chi connectivity index (χ2n) is 8.86. The van der Waals surface area contributed by atoms with E-state index in [4.69, 9.17) is 9.72 Å². The first kappa shape index (κ1) is 21.2. The van der Waals surface area contributed by atoms with Crippen LogP contribution in [0.2, 0.25) is 0 Å². The molecular weight excluding hydrogens is 504 g/mol. The number of piperidine rings is 1. The molecule has 4 nitrogen and oxygen atoms in total. The van der Waals surface area contributed by atoms with E-state index in [1.54, 1.807) is 12.1 Å². The fourth-order valence-corrected chi connectivity index (χ4v) is 5.45. The second-order valence-corrected chi connectivity index (χ2v) is 9.62. The van der Waals surface area contributed by atoms with Crippen molar-refractivity contribution >= 4 is 33.6 Å². The zero-order chi connectivity index (χ0) is 21.2. The van der Waals surface area contributed by atoms with E-state index in [0.29, 0.717) is 0 Å². The Morgan fingerprint density at radius 3 is 2.65 bits per heavy atom. The summed E-state index contributed by atoms with van der Waals surface area (Å²) in [5.41, 5.74) is 4.77. The van der Waals surface area contributed by atoms with Gasteiger partial charge in [-0.2, -0.15) is 0 Å². The van der Waals surface area contributed by atoms with E-state index in [1.165, 1.54) is 48.2 Å². The highest BCUT2D eigenvalue weighted by molar-refractivity contribution is 14.1. The molecule has 0 saturated carbocycles. The summed E-state index contributed by atoms with van der Waals surface area (Å²) in [7, 11) is 0. The first-order valence-electron chi connectivity index (χ1n) is 11.4. The van der Waals surface area contributed by atoms with Gasteiger partial charge in [-0.15, -0.1) is 0 Å². The van der Waals surface area contributed by atoms with E-state index >= 15 is 0 Å². The molecule has 0 amide bonds. The maximum Gasteiger partial charge on any atom is 0.145 e.